The molecule has 0 spiro atoms. The van der Waals surface area contributed by atoms with E-state index < -0.39 is 0 Å². The first kappa shape index (κ1) is 11.9. The molecule has 15 heavy (non-hydrogen) atoms. The molecule has 0 aliphatic carbocycles. The van der Waals surface area contributed by atoms with E-state index in [0.717, 1.165) is 11.3 Å². The van der Waals surface area contributed by atoms with Crippen LogP contribution in [0.25, 0.3) is 0 Å². The van der Waals surface area contributed by atoms with Gasteiger partial charge >= 0.3 is 0 Å². The first-order valence-electron chi connectivity index (χ1n) is 4.54. The molecule has 0 N–H and O–H groups in total. The van der Waals surface area contributed by atoms with E-state index in [0.29, 0.717) is 12.2 Å². The molecule has 0 aliphatic rings. The lowest BCUT2D eigenvalue weighted by atomic mass is 10.1. The first-order valence-corrected chi connectivity index (χ1v) is 5.18. The Morgan fingerprint density at radius 2 is 2.07 bits per heavy atom. The molecule has 3 nitrogen and oxygen atoms in total. The third-order valence-corrected chi connectivity index (χ3v) is 2.40. The first-order chi connectivity index (χ1) is 7.21. The van der Waals surface area contributed by atoms with E-state index in [-0.39, 0.29) is 11.5 Å². The molecule has 0 bridgehead atoms. The number of thiol groups is 1. The maximum atomic E-state index is 11.3. The molecule has 82 valence electrons. The van der Waals surface area contributed by atoms with Crippen LogP contribution in [-0.4, -0.2) is 25.8 Å². The van der Waals surface area contributed by atoms with Crippen molar-refractivity contribution >= 4 is 18.4 Å². The summed E-state index contributed by atoms with van der Waals surface area (Å²) < 4.78 is 10.2. The minimum atomic E-state index is 0.0601. The maximum Gasteiger partial charge on any atom is 0.146 e. The van der Waals surface area contributed by atoms with Crippen LogP contribution >= 0.6 is 12.6 Å². The van der Waals surface area contributed by atoms with Crippen LogP contribution in [0.1, 0.15) is 5.56 Å². The van der Waals surface area contributed by atoms with E-state index in [1.54, 1.807) is 32.4 Å². The van der Waals surface area contributed by atoms with Gasteiger partial charge in [-0.1, -0.05) is 0 Å². The number of hydrogen-bond donors (Lipinski definition) is 1. The van der Waals surface area contributed by atoms with E-state index >= 15 is 0 Å². The molecule has 0 amide bonds. The number of benzene rings is 1. The molecule has 0 radical (unpaired) electrons. The van der Waals surface area contributed by atoms with Crippen molar-refractivity contribution in [3.05, 3.63) is 23.8 Å². The standard InChI is InChI=1S/C11H14O3S/c1-13-10-3-4-11(14-2)8(6-10)5-9(12)7-15/h3-4,6,15H,5,7H2,1-2H3. The number of carbonyl (C=O) groups excluding carboxylic acids is 1. The van der Waals surface area contributed by atoms with Gasteiger partial charge in [0, 0.05) is 17.7 Å². The highest BCUT2D eigenvalue weighted by atomic mass is 32.1. The fourth-order valence-electron chi connectivity index (χ4n) is 1.29. The highest BCUT2D eigenvalue weighted by molar-refractivity contribution is 7.81. The summed E-state index contributed by atoms with van der Waals surface area (Å²) in [5, 5.41) is 0. The summed E-state index contributed by atoms with van der Waals surface area (Å²) in [4.78, 5) is 11.3. The fourth-order valence-corrected chi connectivity index (χ4v) is 1.40. The molecule has 0 aromatic heterocycles. The SMILES string of the molecule is COc1ccc(OC)c(CC(=O)CS)c1. The largest absolute Gasteiger partial charge is 0.497 e. The number of rotatable bonds is 5. The van der Waals surface area contributed by atoms with Crippen molar-refractivity contribution in [1.29, 1.82) is 0 Å². The molecule has 1 aromatic carbocycles. The van der Waals surface area contributed by atoms with Crippen molar-refractivity contribution in [3.63, 3.8) is 0 Å². The Labute approximate surface area is 94.8 Å². The monoisotopic (exact) mass is 226 g/mol. The van der Waals surface area contributed by atoms with Gasteiger partial charge in [0.15, 0.2) is 0 Å². The topological polar surface area (TPSA) is 35.5 Å². The molecule has 0 saturated heterocycles. The minimum Gasteiger partial charge on any atom is -0.497 e. The molecule has 0 unspecified atom stereocenters. The Bertz CT molecular complexity index is 350. The van der Waals surface area contributed by atoms with Crippen LogP contribution in [0.2, 0.25) is 0 Å². The van der Waals surface area contributed by atoms with Gasteiger partial charge in [0.1, 0.15) is 17.3 Å². The molecule has 0 heterocycles. The molecular formula is C11H14O3S. The predicted molar refractivity (Wildman–Crippen MR) is 62.1 cm³/mol. The second-order valence-corrected chi connectivity index (χ2v) is 3.37. The van der Waals surface area contributed by atoms with Gasteiger partial charge in [0.25, 0.3) is 0 Å². The lowest BCUT2D eigenvalue weighted by Gasteiger charge is -2.09. The summed E-state index contributed by atoms with van der Waals surface area (Å²) in [7, 11) is 3.17. The maximum absolute atomic E-state index is 11.3. The van der Waals surface area contributed by atoms with Crippen molar-refractivity contribution in [2.45, 2.75) is 6.42 Å². The van der Waals surface area contributed by atoms with E-state index in [4.69, 9.17) is 9.47 Å². The van der Waals surface area contributed by atoms with E-state index in [1.807, 2.05) is 0 Å². The summed E-state index contributed by atoms with van der Waals surface area (Å²) in [6.07, 6.45) is 0.323. The Kier molecular flexibility index (Phi) is 4.49. The lowest BCUT2D eigenvalue weighted by molar-refractivity contribution is -0.116. The fraction of sp³-hybridized carbons (Fsp3) is 0.364. The Balaban J connectivity index is 2.95. The highest BCUT2D eigenvalue weighted by Gasteiger charge is 2.08. The van der Waals surface area contributed by atoms with Crippen LogP contribution in [0.15, 0.2) is 18.2 Å². The van der Waals surface area contributed by atoms with Gasteiger partial charge in [-0.3, -0.25) is 4.79 Å². The highest BCUT2D eigenvalue weighted by Crippen LogP contribution is 2.24. The number of carbonyl (C=O) groups is 1. The van der Waals surface area contributed by atoms with Crippen LogP contribution < -0.4 is 9.47 Å². The van der Waals surface area contributed by atoms with E-state index in [1.165, 1.54) is 0 Å². The van der Waals surface area contributed by atoms with Gasteiger partial charge in [0.2, 0.25) is 0 Å². The van der Waals surface area contributed by atoms with Gasteiger partial charge in [0.05, 0.1) is 14.2 Å². The zero-order valence-corrected chi connectivity index (χ0v) is 9.71. The third-order valence-electron chi connectivity index (χ3n) is 2.05. The summed E-state index contributed by atoms with van der Waals surface area (Å²) in [6, 6.07) is 5.40. The van der Waals surface area contributed by atoms with Gasteiger partial charge in [-0.05, 0) is 18.2 Å². The van der Waals surface area contributed by atoms with Crippen molar-refractivity contribution in [2.75, 3.05) is 20.0 Å². The van der Waals surface area contributed by atoms with Crippen LogP contribution in [0.4, 0.5) is 0 Å². The lowest BCUT2D eigenvalue weighted by Crippen LogP contribution is -2.05. The zero-order valence-electron chi connectivity index (χ0n) is 8.82. The average Bonchev–Trinajstić information content (AvgIpc) is 2.28. The number of ether oxygens (including phenoxy) is 2. The second kappa shape index (κ2) is 5.66. The Morgan fingerprint density at radius 1 is 1.33 bits per heavy atom. The number of ketones is 1. The summed E-state index contributed by atoms with van der Waals surface area (Å²) in [5.41, 5.74) is 0.830. The molecule has 4 heteroatoms. The van der Waals surface area contributed by atoms with Crippen molar-refractivity contribution in [1.82, 2.24) is 0 Å². The average molecular weight is 226 g/mol. The molecule has 0 atom stereocenters. The summed E-state index contributed by atoms with van der Waals surface area (Å²) in [6.45, 7) is 0. The quantitative estimate of drug-likeness (QED) is 0.777. The van der Waals surface area contributed by atoms with E-state index in [9.17, 15) is 4.79 Å². The van der Waals surface area contributed by atoms with Crippen LogP contribution in [0, 0.1) is 0 Å². The molecule has 0 saturated carbocycles. The van der Waals surface area contributed by atoms with Crippen molar-refractivity contribution in [2.24, 2.45) is 0 Å². The third kappa shape index (κ3) is 3.16. The van der Waals surface area contributed by atoms with Crippen molar-refractivity contribution < 1.29 is 14.3 Å². The number of Topliss-reactive ketones (excluding diaryl/α,β-unsaturated/α-hetero) is 1. The van der Waals surface area contributed by atoms with Crippen LogP contribution in [0.3, 0.4) is 0 Å². The number of hydrogen-bond acceptors (Lipinski definition) is 4. The Morgan fingerprint density at radius 3 is 2.60 bits per heavy atom. The Hall–Kier alpha value is -1.16. The van der Waals surface area contributed by atoms with Gasteiger partial charge in [-0.15, -0.1) is 0 Å². The van der Waals surface area contributed by atoms with E-state index in [2.05, 4.69) is 12.6 Å². The molecule has 0 fully saturated rings. The molecular weight excluding hydrogens is 212 g/mol. The summed E-state index contributed by atoms with van der Waals surface area (Å²) >= 11 is 3.94. The van der Waals surface area contributed by atoms with Gasteiger partial charge in [-0.2, -0.15) is 12.6 Å². The van der Waals surface area contributed by atoms with Gasteiger partial charge in [-0.25, -0.2) is 0 Å². The molecule has 1 rings (SSSR count). The summed E-state index contributed by atoms with van der Waals surface area (Å²) in [5.74, 6) is 1.72. The predicted octanol–water partition coefficient (Wildman–Crippen LogP) is 1.75. The van der Waals surface area contributed by atoms with Gasteiger partial charge < -0.3 is 9.47 Å². The number of methoxy groups -OCH3 is 2. The second-order valence-electron chi connectivity index (χ2n) is 3.05. The molecule has 0 aliphatic heterocycles. The normalized spacial score (nSPS) is 9.80. The molecule has 1 aromatic rings. The van der Waals surface area contributed by atoms with Crippen molar-refractivity contribution in [3.8, 4) is 11.5 Å². The zero-order chi connectivity index (χ0) is 11.3. The minimum absolute atomic E-state index is 0.0601. The van der Waals surface area contributed by atoms with Crippen LogP contribution in [0.5, 0.6) is 11.5 Å². The van der Waals surface area contributed by atoms with Crippen LogP contribution in [-0.2, 0) is 11.2 Å². The smallest absolute Gasteiger partial charge is 0.146 e.